The number of ether oxygens (including phenoxy) is 1. The van der Waals surface area contributed by atoms with Crippen molar-refractivity contribution < 1.29 is 4.74 Å². The second-order valence-electron chi connectivity index (χ2n) is 5.10. The standard InChI is InChI=1S/C17H18N2O/c1-11-9-15(20-4)12(2)13(3)16(11)17-18-10-14-7-5-6-8-19(14)17/h5-10H,1-4H3. The predicted octanol–water partition coefficient (Wildman–Crippen LogP) is 3.94. The normalized spacial score (nSPS) is 11.0. The zero-order valence-corrected chi connectivity index (χ0v) is 12.3. The van der Waals surface area contributed by atoms with Crippen molar-refractivity contribution in [3.8, 4) is 17.1 Å². The fraction of sp³-hybridized carbons (Fsp3) is 0.235. The topological polar surface area (TPSA) is 26.5 Å². The summed E-state index contributed by atoms with van der Waals surface area (Å²) in [6.07, 6.45) is 3.96. The molecular weight excluding hydrogens is 248 g/mol. The molecule has 0 saturated heterocycles. The van der Waals surface area contributed by atoms with E-state index in [1.54, 1.807) is 7.11 Å². The fourth-order valence-corrected chi connectivity index (χ4v) is 2.73. The lowest BCUT2D eigenvalue weighted by Gasteiger charge is -2.15. The molecule has 0 amide bonds. The van der Waals surface area contributed by atoms with Crippen molar-refractivity contribution in [3.63, 3.8) is 0 Å². The molecule has 20 heavy (non-hydrogen) atoms. The minimum Gasteiger partial charge on any atom is -0.496 e. The van der Waals surface area contributed by atoms with Crippen molar-refractivity contribution in [1.82, 2.24) is 9.38 Å². The molecule has 0 fully saturated rings. The molecule has 0 saturated carbocycles. The van der Waals surface area contributed by atoms with Gasteiger partial charge in [-0.15, -0.1) is 0 Å². The molecule has 0 atom stereocenters. The molecule has 0 aliphatic rings. The Balaban J connectivity index is 2.32. The molecule has 0 N–H and O–H groups in total. The molecule has 3 aromatic rings. The number of aromatic nitrogens is 2. The first-order valence-corrected chi connectivity index (χ1v) is 6.70. The second-order valence-corrected chi connectivity index (χ2v) is 5.10. The molecule has 0 radical (unpaired) electrons. The van der Waals surface area contributed by atoms with Crippen molar-refractivity contribution >= 4 is 5.52 Å². The van der Waals surface area contributed by atoms with E-state index < -0.39 is 0 Å². The van der Waals surface area contributed by atoms with Crippen LogP contribution >= 0.6 is 0 Å². The average Bonchev–Trinajstić information content (AvgIpc) is 2.87. The van der Waals surface area contributed by atoms with E-state index in [1.807, 2.05) is 18.3 Å². The number of nitrogens with zero attached hydrogens (tertiary/aromatic N) is 2. The number of rotatable bonds is 2. The van der Waals surface area contributed by atoms with Crippen LogP contribution in [0.15, 0.2) is 36.7 Å². The van der Waals surface area contributed by atoms with Crippen molar-refractivity contribution in [3.05, 3.63) is 53.3 Å². The summed E-state index contributed by atoms with van der Waals surface area (Å²) in [6.45, 7) is 6.32. The van der Waals surface area contributed by atoms with Gasteiger partial charge in [0.15, 0.2) is 0 Å². The van der Waals surface area contributed by atoms with Crippen LogP contribution in [0.2, 0.25) is 0 Å². The Hall–Kier alpha value is -2.29. The highest BCUT2D eigenvalue weighted by Gasteiger charge is 2.15. The minimum absolute atomic E-state index is 0.935. The summed E-state index contributed by atoms with van der Waals surface area (Å²) in [4.78, 5) is 4.61. The maximum atomic E-state index is 5.44. The largest absolute Gasteiger partial charge is 0.496 e. The van der Waals surface area contributed by atoms with E-state index in [4.69, 9.17) is 4.74 Å². The summed E-state index contributed by atoms with van der Waals surface area (Å²) in [5.74, 6) is 1.92. The monoisotopic (exact) mass is 266 g/mol. The van der Waals surface area contributed by atoms with Gasteiger partial charge in [0.25, 0.3) is 0 Å². The number of hydrogen-bond donors (Lipinski definition) is 0. The summed E-state index contributed by atoms with van der Waals surface area (Å²) in [7, 11) is 1.71. The summed E-state index contributed by atoms with van der Waals surface area (Å²) < 4.78 is 7.57. The lowest BCUT2D eigenvalue weighted by Crippen LogP contribution is -1.99. The molecule has 0 aliphatic carbocycles. The maximum absolute atomic E-state index is 5.44. The van der Waals surface area contributed by atoms with E-state index in [9.17, 15) is 0 Å². The van der Waals surface area contributed by atoms with Crippen LogP contribution in [-0.4, -0.2) is 16.5 Å². The SMILES string of the molecule is COc1cc(C)c(-c2ncc3ccccn23)c(C)c1C. The molecule has 3 nitrogen and oxygen atoms in total. The van der Waals surface area contributed by atoms with Gasteiger partial charge in [0.05, 0.1) is 18.8 Å². The van der Waals surface area contributed by atoms with Crippen LogP contribution in [0.25, 0.3) is 16.9 Å². The first-order valence-electron chi connectivity index (χ1n) is 6.70. The average molecular weight is 266 g/mol. The Labute approximate surface area is 118 Å². The summed E-state index contributed by atoms with van der Waals surface area (Å²) >= 11 is 0. The van der Waals surface area contributed by atoms with Crippen LogP contribution in [0.5, 0.6) is 5.75 Å². The first-order chi connectivity index (χ1) is 9.63. The van der Waals surface area contributed by atoms with Gasteiger partial charge >= 0.3 is 0 Å². The van der Waals surface area contributed by atoms with Gasteiger partial charge in [-0.2, -0.15) is 0 Å². The minimum atomic E-state index is 0.935. The van der Waals surface area contributed by atoms with Gasteiger partial charge in [0.1, 0.15) is 11.6 Å². The predicted molar refractivity (Wildman–Crippen MR) is 81.4 cm³/mol. The van der Waals surface area contributed by atoms with Crippen LogP contribution in [0.4, 0.5) is 0 Å². The van der Waals surface area contributed by atoms with Crippen molar-refractivity contribution in [2.45, 2.75) is 20.8 Å². The second kappa shape index (κ2) is 4.67. The molecule has 2 heterocycles. The van der Waals surface area contributed by atoms with Gasteiger partial charge in [-0.25, -0.2) is 4.98 Å². The number of benzene rings is 1. The van der Waals surface area contributed by atoms with Crippen LogP contribution in [-0.2, 0) is 0 Å². The number of aryl methyl sites for hydroxylation is 1. The zero-order valence-electron chi connectivity index (χ0n) is 12.3. The molecule has 0 spiro atoms. The summed E-state index contributed by atoms with van der Waals surface area (Å²) in [5.41, 5.74) is 5.87. The van der Waals surface area contributed by atoms with Gasteiger partial charge in [0, 0.05) is 11.8 Å². The molecule has 3 heteroatoms. The molecule has 102 valence electrons. The Morgan fingerprint density at radius 1 is 1.10 bits per heavy atom. The smallest absolute Gasteiger partial charge is 0.145 e. The Bertz CT molecular complexity index is 787. The Morgan fingerprint density at radius 2 is 1.90 bits per heavy atom. The quantitative estimate of drug-likeness (QED) is 0.702. The van der Waals surface area contributed by atoms with Crippen molar-refractivity contribution in [1.29, 1.82) is 0 Å². The molecule has 0 unspecified atom stereocenters. The fourth-order valence-electron chi connectivity index (χ4n) is 2.73. The zero-order chi connectivity index (χ0) is 14.3. The summed E-state index contributed by atoms with van der Waals surface area (Å²) in [6, 6.07) is 8.21. The highest BCUT2D eigenvalue weighted by Crippen LogP contribution is 2.34. The number of fused-ring (bicyclic) bond motifs is 1. The number of pyridine rings is 1. The number of methoxy groups -OCH3 is 1. The third-order valence-electron chi connectivity index (χ3n) is 3.93. The highest BCUT2D eigenvalue weighted by atomic mass is 16.5. The van der Waals surface area contributed by atoms with E-state index in [1.165, 1.54) is 22.3 Å². The third kappa shape index (κ3) is 1.78. The Kier molecular flexibility index (Phi) is 2.97. The highest BCUT2D eigenvalue weighted by molar-refractivity contribution is 5.71. The van der Waals surface area contributed by atoms with Gasteiger partial charge < -0.3 is 4.74 Å². The van der Waals surface area contributed by atoms with E-state index >= 15 is 0 Å². The van der Waals surface area contributed by atoms with Crippen LogP contribution in [0, 0.1) is 20.8 Å². The molecule has 2 aromatic heterocycles. The first kappa shape index (κ1) is 12.7. The molecule has 0 bridgehead atoms. The van der Waals surface area contributed by atoms with E-state index in [0.717, 1.165) is 17.1 Å². The van der Waals surface area contributed by atoms with Crippen LogP contribution in [0.1, 0.15) is 16.7 Å². The third-order valence-corrected chi connectivity index (χ3v) is 3.93. The van der Waals surface area contributed by atoms with Gasteiger partial charge in [0.2, 0.25) is 0 Å². The lowest BCUT2D eigenvalue weighted by atomic mass is 9.97. The number of imidazole rings is 1. The molecule has 1 aromatic carbocycles. The van der Waals surface area contributed by atoms with Crippen molar-refractivity contribution in [2.75, 3.05) is 7.11 Å². The Morgan fingerprint density at radius 3 is 2.65 bits per heavy atom. The van der Waals surface area contributed by atoms with Gasteiger partial charge in [-0.05, 0) is 55.7 Å². The summed E-state index contributed by atoms with van der Waals surface area (Å²) in [5, 5.41) is 0. The van der Waals surface area contributed by atoms with Crippen LogP contribution < -0.4 is 4.74 Å². The lowest BCUT2D eigenvalue weighted by molar-refractivity contribution is 0.411. The van der Waals surface area contributed by atoms with Crippen molar-refractivity contribution in [2.24, 2.45) is 0 Å². The maximum Gasteiger partial charge on any atom is 0.145 e. The molecule has 0 aliphatic heterocycles. The van der Waals surface area contributed by atoms with E-state index in [-0.39, 0.29) is 0 Å². The van der Waals surface area contributed by atoms with Gasteiger partial charge in [-0.1, -0.05) is 6.07 Å². The van der Waals surface area contributed by atoms with Gasteiger partial charge in [-0.3, -0.25) is 4.40 Å². The molecule has 3 rings (SSSR count). The number of hydrogen-bond acceptors (Lipinski definition) is 2. The van der Waals surface area contributed by atoms with E-state index in [0.29, 0.717) is 0 Å². The molecular formula is C17H18N2O. The van der Waals surface area contributed by atoms with E-state index in [2.05, 4.69) is 48.5 Å². The van der Waals surface area contributed by atoms with Crippen LogP contribution in [0.3, 0.4) is 0 Å².